The molecular formula is C25H21FN6O2. The summed E-state index contributed by atoms with van der Waals surface area (Å²) in [7, 11) is 0. The van der Waals surface area contributed by atoms with Crippen molar-refractivity contribution in [1.29, 1.82) is 0 Å². The third-order valence-electron chi connectivity index (χ3n) is 5.63. The Hall–Kier alpha value is -4.40. The summed E-state index contributed by atoms with van der Waals surface area (Å²) < 4.78 is 20.7. The molecule has 2 aromatic heterocycles. The van der Waals surface area contributed by atoms with Gasteiger partial charge in [0.25, 0.3) is 5.95 Å². The van der Waals surface area contributed by atoms with E-state index in [1.54, 1.807) is 18.2 Å². The average molecular weight is 456 g/mol. The predicted octanol–water partition coefficient (Wildman–Crippen LogP) is 4.21. The van der Waals surface area contributed by atoms with E-state index in [4.69, 9.17) is 4.74 Å². The lowest BCUT2D eigenvalue weighted by Crippen LogP contribution is -2.25. The number of rotatable bonds is 6. The van der Waals surface area contributed by atoms with Crippen molar-refractivity contribution in [3.63, 3.8) is 0 Å². The maximum absolute atomic E-state index is 13.3. The maximum Gasteiger partial charge on any atom is 0.272 e. The first-order valence-corrected chi connectivity index (χ1v) is 10.7. The fraction of sp³-hybridized carbons (Fsp3) is 0.160. The highest BCUT2D eigenvalue weighted by molar-refractivity contribution is 5.95. The molecule has 1 amide bonds. The van der Waals surface area contributed by atoms with Crippen molar-refractivity contribution in [2.75, 3.05) is 11.9 Å². The van der Waals surface area contributed by atoms with Gasteiger partial charge in [-0.05, 0) is 37.3 Å². The predicted molar refractivity (Wildman–Crippen MR) is 124 cm³/mol. The molecule has 9 heteroatoms. The van der Waals surface area contributed by atoms with Crippen LogP contribution in [-0.4, -0.2) is 37.5 Å². The van der Waals surface area contributed by atoms with E-state index >= 15 is 0 Å². The number of ether oxygens (including phenoxy) is 1. The number of nitrogens with one attached hydrogen (secondary N) is 1. The highest BCUT2D eigenvalue weighted by Crippen LogP contribution is 2.42. The molecule has 0 saturated heterocycles. The topological polar surface area (TPSA) is 94.8 Å². The number of benzene rings is 2. The van der Waals surface area contributed by atoms with Crippen molar-refractivity contribution in [3.05, 3.63) is 90.0 Å². The van der Waals surface area contributed by atoms with Gasteiger partial charge in [-0.1, -0.05) is 30.9 Å². The molecule has 0 aliphatic carbocycles. The monoisotopic (exact) mass is 456 g/mol. The number of carbonyl (C=O) groups excluding carboxylic acids is 1. The van der Waals surface area contributed by atoms with Gasteiger partial charge in [-0.2, -0.15) is 14.9 Å². The average Bonchev–Trinajstić information content (AvgIpc) is 3.19. The van der Waals surface area contributed by atoms with Crippen LogP contribution in [0.15, 0.2) is 67.4 Å². The Morgan fingerprint density at radius 2 is 2.03 bits per heavy atom. The molecule has 0 spiro atoms. The van der Waals surface area contributed by atoms with Crippen molar-refractivity contribution < 1.29 is 13.9 Å². The molecular weight excluding hydrogens is 435 g/mol. The van der Waals surface area contributed by atoms with Crippen LogP contribution in [0.25, 0.3) is 17.2 Å². The quantitative estimate of drug-likeness (QED) is 0.437. The largest absolute Gasteiger partial charge is 0.489 e. The molecule has 3 heterocycles. The first-order valence-electron chi connectivity index (χ1n) is 10.7. The Kier molecular flexibility index (Phi) is 5.59. The van der Waals surface area contributed by atoms with Crippen LogP contribution >= 0.6 is 0 Å². The van der Waals surface area contributed by atoms with Gasteiger partial charge in [-0.25, -0.2) is 9.37 Å². The number of aromatic nitrogens is 5. The number of carbonyl (C=O) groups is 1. The molecule has 1 aliphatic heterocycles. The number of anilines is 1. The minimum Gasteiger partial charge on any atom is -0.489 e. The Bertz CT molecular complexity index is 1380. The zero-order valence-electron chi connectivity index (χ0n) is 18.4. The minimum atomic E-state index is -0.339. The molecule has 1 unspecified atom stereocenters. The smallest absolute Gasteiger partial charge is 0.272 e. The highest BCUT2D eigenvalue weighted by atomic mass is 19.1. The van der Waals surface area contributed by atoms with Crippen LogP contribution in [0.5, 0.6) is 5.75 Å². The third kappa shape index (κ3) is 3.92. The molecule has 4 aromatic rings. The summed E-state index contributed by atoms with van der Waals surface area (Å²) in [5, 5.41) is 15.7. The Labute approximate surface area is 195 Å². The van der Waals surface area contributed by atoms with Gasteiger partial charge >= 0.3 is 0 Å². The van der Waals surface area contributed by atoms with Gasteiger partial charge in [0.1, 0.15) is 24.0 Å². The zero-order valence-corrected chi connectivity index (χ0v) is 18.4. The molecule has 2 aromatic carbocycles. The van der Waals surface area contributed by atoms with E-state index in [1.165, 1.54) is 23.0 Å². The number of halogens is 1. The summed E-state index contributed by atoms with van der Waals surface area (Å²) in [5.74, 6) is 0.635. The Morgan fingerprint density at radius 3 is 2.82 bits per heavy atom. The summed E-state index contributed by atoms with van der Waals surface area (Å²) >= 11 is 0. The summed E-state index contributed by atoms with van der Waals surface area (Å²) in [5.41, 5.74) is 3.68. The first kappa shape index (κ1) is 21.4. The lowest BCUT2D eigenvalue weighted by atomic mass is 9.85. The van der Waals surface area contributed by atoms with E-state index < -0.39 is 0 Å². The number of para-hydroxylation sites is 1. The van der Waals surface area contributed by atoms with Crippen molar-refractivity contribution in [3.8, 4) is 23.0 Å². The third-order valence-corrected chi connectivity index (χ3v) is 5.63. The number of aryl methyl sites for hydroxylation is 1. The zero-order chi connectivity index (χ0) is 23.7. The lowest BCUT2D eigenvalue weighted by Gasteiger charge is -2.25. The van der Waals surface area contributed by atoms with Gasteiger partial charge in [0.05, 0.1) is 17.6 Å². The van der Waals surface area contributed by atoms with Crippen LogP contribution < -0.4 is 10.1 Å². The molecule has 5 rings (SSSR count). The van der Waals surface area contributed by atoms with Gasteiger partial charge in [0.2, 0.25) is 5.91 Å². The van der Waals surface area contributed by atoms with Gasteiger partial charge in [-0.15, -0.1) is 5.10 Å². The molecule has 0 bridgehead atoms. The van der Waals surface area contributed by atoms with Crippen LogP contribution in [-0.2, 0) is 4.79 Å². The van der Waals surface area contributed by atoms with Gasteiger partial charge < -0.3 is 10.1 Å². The SMILES string of the molecule is C=CCOc1ccccc1C1CC(=O)Nc2c1c(C)nn2-c1nncc(-c2ccc(F)cc2)n1. The van der Waals surface area contributed by atoms with E-state index in [2.05, 4.69) is 32.2 Å². The molecule has 0 fully saturated rings. The molecule has 0 saturated carbocycles. The lowest BCUT2D eigenvalue weighted by molar-refractivity contribution is -0.116. The Balaban J connectivity index is 1.60. The van der Waals surface area contributed by atoms with Crippen molar-refractivity contribution in [1.82, 2.24) is 25.0 Å². The number of nitrogens with zero attached hydrogens (tertiary/aromatic N) is 5. The number of hydrogen-bond donors (Lipinski definition) is 1. The fourth-order valence-electron chi connectivity index (χ4n) is 4.15. The van der Waals surface area contributed by atoms with Crippen LogP contribution in [0.4, 0.5) is 10.2 Å². The van der Waals surface area contributed by atoms with Crippen molar-refractivity contribution in [2.45, 2.75) is 19.3 Å². The molecule has 1 aliphatic rings. The normalized spacial score (nSPS) is 14.9. The van der Waals surface area contributed by atoms with Crippen LogP contribution in [0, 0.1) is 12.7 Å². The van der Waals surface area contributed by atoms with E-state index in [0.717, 1.165) is 16.8 Å². The second-order valence-electron chi connectivity index (χ2n) is 7.85. The first-order chi connectivity index (χ1) is 16.5. The molecule has 1 atom stereocenters. The molecule has 8 nitrogen and oxygen atoms in total. The molecule has 0 radical (unpaired) electrons. The van der Waals surface area contributed by atoms with E-state index in [9.17, 15) is 9.18 Å². The standard InChI is InChI=1S/C25H21FN6O2/c1-3-12-34-21-7-5-4-6-18(21)19-13-22(33)29-24-23(19)15(2)31-32(24)25-28-20(14-27-30-25)16-8-10-17(26)11-9-16/h3-11,14,19H,1,12-13H2,2H3,(H,29,33). The second-order valence-corrected chi connectivity index (χ2v) is 7.85. The summed E-state index contributed by atoms with van der Waals surface area (Å²) in [6.45, 7) is 5.95. The molecule has 1 N–H and O–H groups in total. The molecule has 34 heavy (non-hydrogen) atoms. The van der Waals surface area contributed by atoms with Crippen molar-refractivity contribution >= 4 is 11.7 Å². The Morgan fingerprint density at radius 1 is 1.24 bits per heavy atom. The second kappa shape index (κ2) is 8.86. The maximum atomic E-state index is 13.3. The number of amides is 1. The van der Waals surface area contributed by atoms with E-state index in [-0.39, 0.29) is 30.0 Å². The van der Waals surface area contributed by atoms with Gasteiger partial charge in [0.15, 0.2) is 0 Å². The summed E-state index contributed by atoms with van der Waals surface area (Å²) in [4.78, 5) is 17.3. The molecule has 170 valence electrons. The van der Waals surface area contributed by atoms with Crippen LogP contribution in [0.2, 0.25) is 0 Å². The van der Waals surface area contributed by atoms with Gasteiger partial charge in [0, 0.05) is 29.0 Å². The number of fused-ring (bicyclic) bond motifs is 1. The van der Waals surface area contributed by atoms with Crippen LogP contribution in [0.3, 0.4) is 0 Å². The van der Waals surface area contributed by atoms with Crippen molar-refractivity contribution in [2.24, 2.45) is 0 Å². The summed E-state index contributed by atoms with van der Waals surface area (Å²) in [6, 6.07) is 13.6. The minimum absolute atomic E-state index is 0.153. The van der Waals surface area contributed by atoms with Crippen LogP contribution in [0.1, 0.15) is 29.2 Å². The number of hydrogen-bond acceptors (Lipinski definition) is 6. The van der Waals surface area contributed by atoms with E-state index in [1.807, 2.05) is 31.2 Å². The summed E-state index contributed by atoms with van der Waals surface area (Å²) in [6.07, 6.45) is 3.42. The fourth-order valence-corrected chi connectivity index (χ4v) is 4.15. The van der Waals surface area contributed by atoms with Gasteiger partial charge in [-0.3, -0.25) is 4.79 Å². The van der Waals surface area contributed by atoms with E-state index in [0.29, 0.717) is 29.4 Å². The highest BCUT2D eigenvalue weighted by Gasteiger charge is 2.34.